The fourth-order valence-electron chi connectivity index (χ4n) is 2.19. The lowest BCUT2D eigenvalue weighted by molar-refractivity contribution is 0.374. The Labute approximate surface area is 126 Å². The topological polar surface area (TPSA) is 65.0 Å². The molecule has 3 aromatic rings. The maximum atomic E-state index is 5.74. The zero-order chi connectivity index (χ0) is 14.4. The minimum Gasteiger partial charge on any atom is -0.431 e. The molecule has 2 aromatic heterocycles. The van der Waals surface area contributed by atoms with Crippen molar-refractivity contribution < 1.29 is 8.94 Å². The molecule has 1 aromatic carbocycles. The lowest BCUT2D eigenvalue weighted by atomic mass is 10.2. The monoisotopic (exact) mass is 301 g/mol. The van der Waals surface area contributed by atoms with Gasteiger partial charge < -0.3 is 8.94 Å². The van der Waals surface area contributed by atoms with E-state index < -0.39 is 0 Å². The van der Waals surface area contributed by atoms with Crippen molar-refractivity contribution in [1.29, 1.82) is 0 Å². The largest absolute Gasteiger partial charge is 0.431 e. The van der Waals surface area contributed by atoms with Gasteiger partial charge in [0.05, 0.1) is 5.25 Å². The number of benzene rings is 1. The van der Waals surface area contributed by atoms with E-state index in [1.807, 2.05) is 32.0 Å². The van der Waals surface area contributed by atoms with Crippen LogP contribution in [0.5, 0.6) is 0 Å². The number of oxazole rings is 1. The van der Waals surface area contributed by atoms with Crippen LogP contribution in [0.4, 0.5) is 0 Å². The molecule has 0 saturated heterocycles. The maximum Gasteiger partial charge on any atom is 0.257 e. The molecule has 4 rings (SSSR count). The van der Waals surface area contributed by atoms with Gasteiger partial charge in [0.1, 0.15) is 5.52 Å². The van der Waals surface area contributed by atoms with Gasteiger partial charge in [-0.1, -0.05) is 23.0 Å². The molecule has 5 nitrogen and oxygen atoms in total. The van der Waals surface area contributed by atoms with Gasteiger partial charge in [-0.15, -0.1) is 0 Å². The van der Waals surface area contributed by atoms with Crippen molar-refractivity contribution in [3.05, 3.63) is 35.5 Å². The molecule has 0 N–H and O–H groups in total. The van der Waals surface area contributed by atoms with Gasteiger partial charge in [0.2, 0.25) is 5.89 Å². The summed E-state index contributed by atoms with van der Waals surface area (Å²) in [4.78, 5) is 8.97. The predicted octanol–water partition coefficient (Wildman–Crippen LogP) is 4.25. The summed E-state index contributed by atoms with van der Waals surface area (Å²) in [5.41, 5.74) is 2.86. The number of rotatable bonds is 4. The molecular weight excluding hydrogens is 286 g/mol. The van der Waals surface area contributed by atoms with E-state index in [0.717, 1.165) is 16.9 Å². The molecule has 0 radical (unpaired) electrons. The first-order valence-corrected chi connectivity index (χ1v) is 7.94. The maximum absolute atomic E-state index is 5.74. The number of fused-ring (bicyclic) bond motifs is 1. The number of aryl methyl sites for hydroxylation is 1. The molecule has 1 atom stereocenters. The van der Waals surface area contributed by atoms with Gasteiger partial charge >= 0.3 is 0 Å². The van der Waals surface area contributed by atoms with Gasteiger partial charge in [-0.25, -0.2) is 4.98 Å². The predicted molar refractivity (Wildman–Crippen MR) is 79.3 cm³/mol. The van der Waals surface area contributed by atoms with Crippen LogP contribution >= 0.6 is 11.8 Å². The van der Waals surface area contributed by atoms with Gasteiger partial charge in [0.15, 0.2) is 11.4 Å². The van der Waals surface area contributed by atoms with Crippen LogP contribution in [0.3, 0.4) is 0 Å². The third-order valence-corrected chi connectivity index (χ3v) is 4.48. The molecule has 0 bridgehead atoms. The Kier molecular flexibility index (Phi) is 2.99. The van der Waals surface area contributed by atoms with Gasteiger partial charge in [-0.2, -0.15) is 4.98 Å². The van der Waals surface area contributed by atoms with E-state index in [1.54, 1.807) is 0 Å². The standard InChI is InChI=1S/C15H15N3O2S/c1-8-3-6-12-11(7-8)16-15(19-12)21-9(2)14-17-13(18-20-14)10-4-5-10/h3,6-7,9-10H,4-5H2,1-2H3/t9-/m1/s1. The van der Waals surface area contributed by atoms with Gasteiger partial charge in [0, 0.05) is 5.92 Å². The minimum atomic E-state index is 0.0270. The third-order valence-electron chi connectivity index (χ3n) is 3.55. The SMILES string of the molecule is Cc1ccc2oc(S[C@H](C)c3nc(C4CC4)no3)nc2c1. The van der Waals surface area contributed by atoms with Gasteiger partial charge in [0.25, 0.3) is 5.22 Å². The first-order chi connectivity index (χ1) is 10.2. The van der Waals surface area contributed by atoms with Crippen molar-refractivity contribution in [2.75, 3.05) is 0 Å². The lowest BCUT2D eigenvalue weighted by Gasteiger charge is -2.00. The van der Waals surface area contributed by atoms with E-state index in [-0.39, 0.29) is 5.25 Å². The molecule has 2 heterocycles. The number of aromatic nitrogens is 3. The normalized spacial score (nSPS) is 16.5. The van der Waals surface area contributed by atoms with Crippen molar-refractivity contribution in [2.24, 2.45) is 0 Å². The Hall–Kier alpha value is -1.82. The molecule has 0 amide bonds. The zero-order valence-corrected chi connectivity index (χ0v) is 12.7. The van der Waals surface area contributed by atoms with Crippen molar-refractivity contribution in [3.8, 4) is 0 Å². The second-order valence-electron chi connectivity index (χ2n) is 5.48. The van der Waals surface area contributed by atoms with Crippen molar-refractivity contribution in [1.82, 2.24) is 15.1 Å². The summed E-state index contributed by atoms with van der Waals surface area (Å²) >= 11 is 1.50. The minimum absolute atomic E-state index is 0.0270. The summed E-state index contributed by atoms with van der Waals surface area (Å²) in [5, 5.41) is 4.71. The van der Waals surface area contributed by atoms with Crippen LogP contribution in [-0.2, 0) is 0 Å². The highest BCUT2D eigenvalue weighted by atomic mass is 32.2. The Balaban J connectivity index is 1.54. The number of hydrogen-bond acceptors (Lipinski definition) is 6. The summed E-state index contributed by atoms with van der Waals surface area (Å²) in [6.45, 7) is 4.07. The molecule has 108 valence electrons. The fraction of sp³-hybridized carbons (Fsp3) is 0.400. The molecule has 6 heteroatoms. The van der Waals surface area contributed by atoms with Crippen LogP contribution in [0.1, 0.15) is 48.2 Å². The molecule has 1 aliphatic carbocycles. The second-order valence-corrected chi connectivity index (χ2v) is 6.77. The van der Waals surface area contributed by atoms with E-state index in [4.69, 9.17) is 8.94 Å². The average Bonchev–Trinajstić information content (AvgIpc) is 3.05. The lowest BCUT2D eigenvalue weighted by Crippen LogP contribution is -1.89. The van der Waals surface area contributed by atoms with Crippen LogP contribution in [-0.4, -0.2) is 15.1 Å². The summed E-state index contributed by atoms with van der Waals surface area (Å²) < 4.78 is 11.1. The molecule has 0 spiro atoms. The molecule has 0 aliphatic heterocycles. The highest BCUT2D eigenvalue weighted by Gasteiger charge is 2.30. The Morgan fingerprint density at radius 3 is 2.95 bits per heavy atom. The molecule has 1 fully saturated rings. The highest BCUT2D eigenvalue weighted by molar-refractivity contribution is 7.99. The number of thioether (sulfide) groups is 1. The van der Waals surface area contributed by atoms with E-state index in [2.05, 4.69) is 15.1 Å². The van der Waals surface area contributed by atoms with E-state index >= 15 is 0 Å². The van der Waals surface area contributed by atoms with E-state index in [1.165, 1.54) is 30.2 Å². The Bertz CT molecular complexity index is 791. The van der Waals surface area contributed by atoms with Crippen LogP contribution in [0.25, 0.3) is 11.1 Å². The van der Waals surface area contributed by atoms with Gasteiger partial charge in [-0.3, -0.25) is 0 Å². The van der Waals surface area contributed by atoms with Crippen LogP contribution < -0.4 is 0 Å². The highest BCUT2D eigenvalue weighted by Crippen LogP contribution is 2.40. The van der Waals surface area contributed by atoms with Crippen molar-refractivity contribution in [2.45, 2.75) is 43.1 Å². The summed E-state index contributed by atoms with van der Waals surface area (Å²) in [7, 11) is 0. The second kappa shape index (κ2) is 4.87. The molecule has 0 unspecified atom stereocenters. The zero-order valence-electron chi connectivity index (χ0n) is 11.9. The third kappa shape index (κ3) is 2.55. The summed E-state index contributed by atoms with van der Waals surface area (Å²) in [6.07, 6.45) is 2.34. The number of hydrogen-bond donors (Lipinski definition) is 0. The van der Waals surface area contributed by atoms with Crippen LogP contribution in [0.2, 0.25) is 0 Å². The molecule has 21 heavy (non-hydrogen) atoms. The first kappa shape index (κ1) is 12.9. The summed E-state index contributed by atoms with van der Waals surface area (Å²) in [6, 6.07) is 5.99. The van der Waals surface area contributed by atoms with Crippen molar-refractivity contribution in [3.63, 3.8) is 0 Å². The number of nitrogens with zero attached hydrogens (tertiary/aromatic N) is 3. The molecule has 1 aliphatic rings. The van der Waals surface area contributed by atoms with Gasteiger partial charge in [-0.05, 0) is 44.4 Å². The molecule has 1 saturated carbocycles. The van der Waals surface area contributed by atoms with E-state index in [9.17, 15) is 0 Å². The smallest absolute Gasteiger partial charge is 0.257 e. The van der Waals surface area contributed by atoms with Crippen LogP contribution in [0.15, 0.2) is 32.4 Å². The Morgan fingerprint density at radius 1 is 1.29 bits per heavy atom. The first-order valence-electron chi connectivity index (χ1n) is 7.06. The van der Waals surface area contributed by atoms with E-state index in [0.29, 0.717) is 17.0 Å². The summed E-state index contributed by atoms with van der Waals surface area (Å²) in [5.74, 6) is 1.98. The Morgan fingerprint density at radius 2 is 2.14 bits per heavy atom. The fourth-order valence-corrected chi connectivity index (χ4v) is 2.98. The average molecular weight is 301 g/mol. The molecular formula is C15H15N3O2S. The van der Waals surface area contributed by atoms with Crippen molar-refractivity contribution >= 4 is 22.9 Å². The quantitative estimate of drug-likeness (QED) is 0.671. The van der Waals surface area contributed by atoms with Crippen LogP contribution in [0, 0.1) is 6.92 Å².